The summed E-state index contributed by atoms with van der Waals surface area (Å²) in [5, 5.41) is 22.2. The van der Waals surface area contributed by atoms with Crippen LogP contribution in [0.2, 0.25) is 0 Å². The molecule has 1 atom stereocenters. The Balaban J connectivity index is 0.956. The summed E-state index contributed by atoms with van der Waals surface area (Å²) in [5.41, 5.74) is 16.7. The van der Waals surface area contributed by atoms with Crippen LogP contribution in [0.25, 0.3) is 10.4 Å². The summed E-state index contributed by atoms with van der Waals surface area (Å²) in [6.07, 6.45) is 10.8. The zero-order chi connectivity index (χ0) is 47.8. The van der Waals surface area contributed by atoms with Crippen LogP contribution in [0.1, 0.15) is 69.6 Å². The summed E-state index contributed by atoms with van der Waals surface area (Å²) in [4.78, 5) is 102. The first-order valence-corrected chi connectivity index (χ1v) is 20.0. The van der Waals surface area contributed by atoms with Crippen LogP contribution in [-0.2, 0) is 47.1 Å². The number of aromatic nitrogens is 8. The van der Waals surface area contributed by atoms with Gasteiger partial charge in [0.1, 0.15) is 22.8 Å². The van der Waals surface area contributed by atoms with Crippen molar-refractivity contribution in [1.82, 2.24) is 48.0 Å². The molecule has 0 spiro atoms. The minimum atomic E-state index is -1.05. The Morgan fingerprint density at radius 3 is 1.56 bits per heavy atom. The lowest BCUT2D eigenvalue weighted by Crippen LogP contribution is -2.39. The minimum absolute atomic E-state index is 0.00241. The van der Waals surface area contributed by atoms with Gasteiger partial charge in [0, 0.05) is 110 Å². The predicted octanol–water partition coefficient (Wildman–Crippen LogP) is 1.64. The summed E-state index contributed by atoms with van der Waals surface area (Å²) in [7, 11) is 9.76. The molecule has 7 amide bonds. The normalized spacial score (nSPS) is 11.3. The van der Waals surface area contributed by atoms with Gasteiger partial charge >= 0.3 is 0 Å². The zero-order valence-corrected chi connectivity index (χ0v) is 36.6. The third kappa shape index (κ3) is 11.0. The second-order valence-corrected chi connectivity index (χ2v) is 15.0. The molecule has 0 saturated heterocycles. The molecule has 0 aliphatic carbocycles. The quantitative estimate of drug-likeness (QED) is 0.0267. The number of nitrogens with two attached hydrogens (primary N) is 1. The largest absolute Gasteiger partial charge is 0.351 e. The van der Waals surface area contributed by atoms with E-state index in [0.29, 0.717) is 17.1 Å². The Kier molecular flexibility index (Phi) is 14.2. The van der Waals surface area contributed by atoms with Gasteiger partial charge in [0.2, 0.25) is 11.7 Å². The van der Waals surface area contributed by atoms with E-state index in [1.807, 2.05) is 0 Å². The van der Waals surface area contributed by atoms with Gasteiger partial charge in [-0.25, -0.2) is 9.97 Å². The molecule has 0 bridgehead atoms. The van der Waals surface area contributed by atoms with Crippen molar-refractivity contribution in [3.63, 3.8) is 0 Å². The number of amides is 7. The van der Waals surface area contributed by atoms with Crippen molar-refractivity contribution in [2.45, 2.75) is 12.5 Å². The molecule has 0 aliphatic rings. The Hall–Kier alpha value is -8.90. The molecule has 0 saturated carbocycles. The van der Waals surface area contributed by atoms with Gasteiger partial charge in [-0.05, 0) is 36.2 Å². The third-order valence-electron chi connectivity index (χ3n) is 9.98. The van der Waals surface area contributed by atoms with E-state index in [0.717, 1.165) is 0 Å². The molecule has 344 valence electrons. The average molecular weight is 906 g/mol. The van der Waals surface area contributed by atoms with Gasteiger partial charge in [-0.15, -0.1) is 0 Å². The van der Waals surface area contributed by atoms with E-state index in [1.54, 1.807) is 71.6 Å². The van der Waals surface area contributed by atoms with Crippen molar-refractivity contribution in [2.24, 2.45) is 53.1 Å². The fourth-order valence-corrected chi connectivity index (χ4v) is 6.66. The molecule has 66 heavy (non-hydrogen) atoms. The summed E-state index contributed by atoms with van der Waals surface area (Å²) >= 11 is 0. The third-order valence-corrected chi connectivity index (χ3v) is 9.98. The lowest BCUT2D eigenvalue weighted by molar-refractivity contribution is -0.117. The number of aryl methyl sites for hydroxylation is 6. The number of nitrogens with one attached hydrogen (secondary N) is 7. The van der Waals surface area contributed by atoms with E-state index in [1.165, 1.54) is 65.7 Å². The summed E-state index contributed by atoms with van der Waals surface area (Å²) in [5.74, 6) is -3.32. The van der Waals surface area contributed by atoms with Gasteiger partial charge < -0.3 is 70.4 Å². The Morgan fingerprint density at radius 1 is 0.591 bits per heavy atom. The fourth-order valence-electron chi connectivity index (χ4n) is 6.66. The standard InChI is InChI=1S/C40H47N19O7/c1-54-12-11-43-32(54)40(66)50-25-16-30(58(5)20-25)38(64)52-31-21-59(6)33(51-31)39(65)44-8-7-26(41)34(60)47-22-14-28(56(3)17-22)36(62)49-24-15-29(57(4)19-24)37(63)48-23-13-27(55(2)18-23)35(61)45-9-10-46-53-42/h11-21,26H,7-10,41H2,1-6H3,(H,44,65)(H,45,61)(H,47,60)(H,48,63)(H,49,62)(H,50,66)(H,52,64)/t26-/m1/s1. The van der Waals surface area contributed by atoms with Gasteiger partial charge in [0.05, 0.1) is 28.8 Å². The molecular weight excluding hydrogens is 859 g/mol. The highest BCUT2D eigenvalue weighted by molar-refractivity contribution is 6.08. The van der Waals surface area contributed by atoms with E-state index in [2.05, 4.69) is 57.2 Å². The highest BCUT2D eigenvalue weighted by atomic mass is 16.2. The summed E-state index contributed by atoms with van der Waals surface area (Å²) in [6, 6.07) is 4.86. The van der Waals surface area contributed by atoms with Gasteiger partial charge in [-0.3, -0.25) is 33.6 Å². The van der Waals surface area contributed by atoms with Gasteiger partial charge in [0.15, 0.2) is 11.6 Å². The molecule has 26 heteroatoms. The zero-order valence-electron chi connectivity index (χ0n) is 36.6. The predicted molar refractivity (Wildman–Crippen MR) is 240 cm³/mol. The molecule has 0 aromatic carbocycles. The highest BCUT2D eigenvalue weighted by Crippen LogP contribution is 2.21. The number of anilines is 5. The molecule has 9 N–H and O–H groups in total. The SMILES string of the molecule is Cn1cc(NC(=O)c2cc(NC(=O)c3cc(NC(=O)[C@H](N)CCNC(=O)c4nc(NC(=O)c5cc(NC(=O)c6nccn6C)cn5C)cn4C)cn3C)cn2C)cc1C(=O)NCCN=[N+]=[N-]. The number of carbonyl (C=O) groups is 7. The first kappa shape index (κ1) is 46.6. The number of hydrogen-bond acceptors (Lipinski definition) is 11. The molecule has 6 aromatic rings. The van der Waals surface area contributed by atoms with Crippen LogP contribution >= 0.6 is 0 Å². The van der Waals surface area contributed by atoms with Gasteiger partial charge in [0.25, 0.3) is 35.4 Å². The Labute approximate surface area is 375 Å². The summed E-state index contributed by atoms with van der Waals surface area (Å²) < 4.78 is 9.05. The molecular formula is C40H47N19O7. The van der Waals surface area contributed by atoms with Crippen LogP contribution in [0.15, 0.2) is 72.8 Å². The maximum atomic E-state index is 13.3. The number of nitrogens with zero attached hydrogens (tertiary/aromatic N) is 11. The van der Waals surface area contributed by atoms with Crippen LogP contribution in [0, 0.1) is 0 Å². The maximum Gasteiger partial charge on any atom is 0.291 e. The van der Waals surface area contributed by atoms with Crippen LogP contribution in [0.5, 0.6) is 0 Å². The van der Waals surface area contributed by atoms with Gasteiger partial charge in [-0.1, -0.05) is 5.11 Å². The van der Waals surface area contributed by atoms with E-state index >= 15 is 0 Å². The minimum Gasteiger partial charge on any atom is -0.351 e. The molecule has 6 heterocycles. The van der Waals surface area contributed by atoms with Crippen molar-refractivity contribution < 1.29 is 33.6 Å². The lowest BCUT2D eigenvalue weighted by atomic mass is 10.2. The van der Waals surface area contributed by atoms with Crippen LogP contribution in [0.4, 0.5) is 28.6 Å². The van der Waals surface area contributed by atoms with Crippen molar-refractivity contribution in [1.29, 1.82) is 0 Å². The van der Waals surface area contributed by atoms with E-state index in [-0.39, 0.29) is 72.0 Å². The molecule has 0 aliphatic heterocycles. The first-order valence-electron chi connectivity index (χ1n) is 20.0. The Morgan fingerprint density at radius 2 is 1.06 bits per heavy atom. The van der Waals surface area contributed by atoms with Crippen molar-refractivity contribution in [3.8, 4) is 0 Å². The number of hydrogen-bond donors (Lipinski definition) is 8. The average Bonchev–Trinajstić information content (AvgIpc) is 4.13. The second kappa shape index (κ2) is 20.1. The Bertz CT molecular complexity index is 2900. The fraction of sp³-hybridized carbons (Fsp3) is 0.275. The van der Waals surface area contributed by atoms with Crippen molar-refractivity contribution in [2.75, 3.05) is 46.2 Å². The molecule has 0 radical (unpaired) electrons. The second-order valence-electron chi connectivity index (χ2n) is 15.0. The number of imidazole rings is 2. The molecule has 26 nitrogen and oxygen atoms in total. The summed E-state index contributed by atoms with van der Waals surface area (Å²) in [6.45, 7) is 0.237. The molecule has 0 unspecified atom stereocenters. The lowest BCUT2D eigenvalue weighted by Gasteiger charge is -2.12. The van der Waals surface area contributed by atoms with E-state index in [4.69, 9.17) is 11.3 Å². The van der Waals surface area contributed by atoms with E-state index < -0.39 is 47.4 Å². The van der Waals surface area contributed by atoms with Crippen LogP contribution in [-0.4, -0.2) is 104 Å². The number of carbonyl (C=O) groups excluding carboxylic acids is 7. The monoisotopic (exact) mass is 905 g/mol. The topological polar surface area (TPSA) is 334 Å². The molecule has 0 fully saturated rings. The first-order chi connectivity index (χ1) is 31.4. The van der Waals surface area contributed by atoms with Crippen LogP contribution in [0.3, 0.4) is 0 Å². The van der Waals surface area contributed by atoms with Crippen molar-refractivity contribution in [3.05, 3.63) is 113 Å². The number of rotatable bonds is 18. The number of azide groups is 1. The van der Waals surface area contributed by atoms with Crippen LogP contribution < -0.4 is 43.0 Å². The van der Waals surface area contributed by atoms with Crippen molar-refractivity contribution >= 4 is 69.9 Å². The highest BCUT2D eigenvalue weighted by Gasteiger charge is 2.23. The smallest absolute Gasteiger partial charge is 0.291 e. The molecule has 6 rings (SSSR count). The van der Waals surface area contributed by atoms with Gasteiger partial charge in [-0.2, -0.15) is 0 Å². The molecule has 6 aromatic heterocycles. The van der Waals surface area contributed by atoms with E-state index in [9.17, 15) is 33.6 Å². The maximum absolute atomic E-state index is 13.3.